The predicted molar refractivity (Wildman–Crippen MR) is 98.4 cm³/mol. The van der Waals surface area contributed by atoms with Crippen LogP contribution >= 0.6 is 0 Å². The Bertz CT molecular complexity index is 520. The van der Waals surface area contributed by atoms with Gasteiger partial charge in [0.25, 0.3) is 0 Å². The van der Waals surface area contributed by atoms with Crippen LogP contribution in [0.4, 0.5) is 4.79 Å². The van der Waals surface area contributed by atoms with E-state index < -0.39 is 42.2 Å². The molecule has 1 aliphatic carbocycles. The van der Waals surface area contributed by atoms with E-state index in [0.717, 1.165) is 0 Å². The highest BCUT2D eigenvalue weighted by Gasteiger charge is 2.41. The average Bonchev–Trinajstić information content (AvgIpc) is 2.70. The maximum atomic E-state index is 12.1. The number of carbonyl (C=O) groups is 2. The van der Waals surface area contributed by atoms with E-state index >= 15 is 0 Å². The first-order valence-electron chi connectivity index (χ1n) is 10.1. The summed E-state index contributed by atoms with van der Waals surface area (Å²) >= 11 is 0. The molecule has 162 valence electrons. The van der Waals surface area contributed by atoms with Crippen molar-refractivity contribution in [2.75, 3.05) is 26.3 Å². The number of hydrogen-bond donors (Lipinski definition) is 5. The summed E-state index contributed by atoms with van der Waals surface area (Å²) in [5, 5.41) is 48.2. The molecule has 28 heavy (non-hydrogen) atoms. The molecule has 1 aliphatic heterocycles. The maximum absolute atomic E-state index is 12.1. The van der Waals surface area contributed by atoms with E-state index in [9.17, 15) is 30.0 Å². The van der Waals surface area contributed by atoms with Gasteiger partial charge in [-0.1, -0.05) is 6.92 Å². The van der Waals surface area contributed by atoms with Gasteiger partial charge < -0.3 is 35.2 Å². The molecule has 2 rings (SSSR count). The number of carboxylic acid groups (broad SMARTS) is 1. The summed E-state index contributed by atoms with van der Waals surface area (Å²) in [6.45, 7) is 2.57. The van der Waals surface area contributed by atoms with Crippen LogP contribution in [-0.4, -0.2) is 87.1 Å². The number of nitrogens with zero attached hydrogens (tertiary/aromatic N) is 1. The van der Waals surface area contributed by atoms with Gasteiger partial charge in [0.1, 0.15) is 6.10 Å². The summed E-state index contributed by atoms with van der Waals surface area (Å²) < 4.78 is 5.28. The van der Waals surface area contributed by atoms with Crippen LogP contribution in [-0.2, 0) is 9.53 Å². The van der Waals surface area contributed by atoms with Gasteiger partial charge in [-0.25, -0.2) is 4.79 Å². The average molecular weight is 403 g/mol. The fourth-order valence-corrected chi connectivity index (χ4v) is 4.28. The molecule has 0 bridgehead atoms. The van der Waals surface area contributed by atoms with Crippen LogP contribution in [0.3, 0.4) is 0 Å². The lowest BCUT2D eigenvalue weighted by Gasteiger charge is -2.40. The Balaban J connectivity index is 1.68. The number of ether oxygens (including phenoxy) is 1. The number of hydrogen-bond acceptors (Lipinski definition) is 7. The van der Waals surface area contributed by atoms with Gasteiger partial charge >= 0.3 is 12.1 Å². The van der Waals surface area contributed by atoms with Gasteiger partial charge in [0.05, 0.1) is 24.7 Å². The molecule has 9 nitrogen and oxygen atoms in total. The molecule has 0 aromatic heterocycles. The Hall–Kier alpha value is -1.42. The number of aliphatic carboxylic acids is 1. The van der Waals surface area contributed by atoms with Crippen LogP contribution in [0.25, 0.3) is 0 Å². The summed E-state index contributed by atoms with van der Waals surface area (Å²) in [5.41, 5.74) is 0. The maximum Gasteiger partial charge on any atom is 0.409 e. The van der Waals surface area contributed by atoms with Crippen LogP contribution in [0.5, 0.6) is 0 Å². The highest BCUT2D eigenvalue weighted by molar-refractivity contribution is 5.70. The second-order valence-electron chi connectivity index (χ2n) is 8.12. The number of amides is 1. The first kappa shape index (κ1) is 22.9. The fourth-order valence-electron chi connectivity index (χ4n) is 4.28. The molecule has 2 fully saturated rings. The van der Waals surface area contributed by atoms with E-state index in [2.05, 4.69) is 0 Å². The molecular weight excluding hydrogens is 370 g/mol. The van der Waals surface area contributed by atoms with Gasteiger partial charge in [-0.3, -0.25) is 4.79 Å². The van der Waals surface area contributed by atoms with E-state index in [1.165, 1.54) is 0 Å². The van der Waals surface area contributed by atoms with Crippen molar-refractivity contribution >= 4 is 12.1 Å². The zero-order valence-corrected chi connectivity index (χ0v) is 16.3. The van der Waals surface area contributed by atoms with E-state index in [-0.39, 0.29) is 25.0 Å². The van der Waals surface area contributed by atoms with Crippen molar-refractivity contribution in [1.82, 2.24) is 4.90 Å². The molecule has 1 heterocycles. The van der Waals surface area contributed by atoms with Crippen molar-refractivity contribution in [3.8, 4) is 0 Å². The van der Waals surface area contributed by atoms with Gasteiger partial charge in [0.2, 0.25) is 0 Å². The van der Waals surface area contributed by atoms with Gasteiger partial charge in [-0.2, -0.15) is 0 Å². The van der Waals surface area contributed by atoms with Gasteiger partial charge in [0, 0.05) is 25.6 Å². The van der Waals surface area contributed by atoms with Crippen molar-refractivity contribution < 1.29 is 39.9 Å². The minimum atomic E-state index is -1.28. The number of carbonyl (C=O) groups excluding carboxylic acids is 1. The molecule has 2 aliphatic rings. The zero-order valence-electron chi connectivity index (χ0n) is 16.3. The smallest absolute Gasteiger partial charge is 0.409 e. The quantitative estimate of drug-likeness (QED) is 0.375. The first-order valence-corrected chi connectivity index (χ1v) is 10.1. The van der Waals surface area contributed by atoms with E-state index in [4.69, 9.17) is 9.84 Å². The Morgan fingerprint density at radius 3 is 2.25 bits per heavy atom. The highest BCUT2D eigenvalue weighted by Crippen LogP contribution is 2.33. The van der Waals surface area contributed by atoms with Crippen LogP contribution in [0, 0.1) is 23.7 Å². The summed E-state index contributed by atoms with van der Waals surface area (Å²) in [7, 11) is 0. The van der Waals surface area contributed by atoms with Crippen LogP contribution in [0.1, 0.15) is 39.0 Å². The Labute approximate surface area is 164 Å². The van der Waals surface area contributed by atoms with Gasteiger partial charge in [-0.05, 0) is 43.9 Å². The van der Waals surface area contributed by atoms with Crippen molar-refractivity contribution in [3.05, 3.63) is 0 Å². The molecule has 0 aromatic rings. The topological polar surface area (TPSA) is 148 Å². The summed E-state index contributed by atoms with van der Waals surface area (Å²) in [6, 6.07) is 0. The third-order valence-electron chi connectivity index (χ3n) is 6.35. The molecule has 1 amide bonds. The van der Waals surface area contributed by atoms with Gasteiger partial charge in [0.15, 0.2) is 0 Å². The van der Waals surface area contributed by atoms with Crippen LogP contribution in [0.2, 0.25) is 0 Å². The van der Waals surface area contributed by atoms with E-state index in [1.807, 2.05) is 0 Å². The number of aliphatic hydroxyl groups is 4. The molecule has 0 aromatic carbocycles. The Kier molecular flexibility index (Phi) is 8.48. The molecule has 5 unspecified atom stereocenters. The minimum absolute atomic E-state index is 0.0654. The monoisotopic (exact) mass is 403 g/mol. The van der Waals surface area contributed by atoms with Crippen molar-refractivity contribution in [3.63, 3.8) is 0 Å². The number of aliphatic hydroxyl groups excluding tert-OH is 4. The molecule has 0 radical (unpaired) electrons. The number of piperidine rings is 1. The van der Waals surface area contributed by atoms with E-state index in [1.54, 1.807) is 11.8 Å². The Morgan fingerprint density at radius 1 is 1.07 bits per heavy atom. The second kappa shape index (κ2) is 10.4. The SMILES string of the molecule is CC(C(=O)O)C1CCN(C(=O)OCCC[C@@H]2CC(CO)C(O)C(O)C2O)CC1. The third-order valence-corrected chi connectivity index (χ3v) is 6.35. The summed E-state index contributed by atoms with van der Waals surface area (Å²) in [5.74, 6) is -1.91. The molecule has 0 spiro atoms. The van der Waals surface area contributed by atoms with Crippen LogP contribution in [0.15, 0.2) is 0 Å². The zero-order chi connectivity index (χ0) is 20.8. The molecule has 1 saturated carbocycles. The number of likely N-dealkylation sites (tertiary alicyclic amines) is 1. The van der Waals surface area contributed by atoms with E-state index in [0.29, 0.717) is 45.2 Å². The second-order valence-corrected chi connectivity index (χ2v) is 8.12. The molecule has 9 heteroatoms. The molecule has 6 atom stereocenters. The molecular formula is C19H33NO8. The first-order chi connectivity index (χ1) is 13.3. The normalized spacial score (nSPS) is 32.8. The molecule has 1 saturated heterocycles. The lowest BCUT2D eigenvalue weighted by atomic mass is 9.74. The summed E-state index contributed by atoms with van der Waals surface area (Å²) in [4.78, 5) is 24.8. The third kappa shape index (κ3) is 5.56. The number of carboxylic acids is 1. The largest absolute Gasteiger partial charge is 0.481 e. The van der Waals surface area contributed by atoms with Gasteiger partial charge in [-0.15, -0.1) is 0 Å². The van der Waals surface area contributed by atoms with Crippen molar-refractivity contribution in [1.29, 1.82) is 0 Å². The minimum Gasteiger partial charge on any atom is -0.481 e. The lowest BCUT2D eigenvalue weighted by Crippen LogP contribution is -2.52. The van der Waals surface area contributed by atoms with Crippen molar-refractivity contribution in [2.45, 2.75) is 57.3 Å². The summed E-state index contributed by atoms with van der Waals surface area (Å²) in [6.07, 6.45) is -1.22. The number of rotatable bonds is 7. The standard InChI is InChI=1S/C19H33NO8/c1-11(18(25)26)12-4-6-20(7-5-12)19(27)28-8-2-3-13-9-14(10-21)16(23)17(24)15(13)22/h11-17,21-24H,2-10H2,1H3,(H,25,26)/t11?,13-,14?,15?,16?,17?/m1/s1. The fraction of sp³-hybridized carbons (Fsp3) is 0.895. The highest BCUT2D eigenvalue weighted by atomic mass is 16.6. The predicted octanol–water partition coefficient (Wildman–Crippen LogP) is 0.0470. The lowest BCUT2D eigenvalue weighted by molar-refractivity contribution is -0.143. The molecule has 5 N–H and O–H groups in total. The van der Waals surface area contributed by atoms with Crippen LogP contribution < -0.4 is 0 Å². The Morgan fingerprint density at radius 2 is 1.68 bits per heavy atom. The van der Waals surface area contributed by atoms with Crippen molar-refractivity contribution in [2.24, 2.45) is 23.7 Å².